The Labute approximate surface area is 136 Å². The predicted octanol–water partition coefficient (Wildman–Crippen LogP) is 0.350. The maximum Gasteiger partial charge on any atom is 0.253 e. The average Bonchev–Trinajstić information content (AvgIpc) is 2.63. The lowest BCUT2D eigenvalue weighted by Gasteiger charge is -2.36. The van der Waals surface area contributed by atoms with Crippen molar-refractivity contribution in [3.8, 4) is 0 Å². The van der Waals surface area contributed by atoms with Crippen molar-refractivity contribution in [3.05, 3.63) is 35.9 Å². The number of carbonyl (C=O) groups is 2. The third-order valence-corrected chi connectivity index (χ3v) is 4.36. The first-order chi connectivity index (χ1) is 11.2. The van der Waals surface area contributed by atoms with Crippen LogP contribution in [0.4, 0.5) is 0 Å². The monoisotopic (exact) mass is 317 g/mol. The number of rotatable bonds is 3. The van der Waals surface area contributed by atoms with Crippen LogP contribution in [-0.2, 0) is 9.53 Å². The second-order valence-corrected chi connectivity index (χ2v) is 5.97. The fourth-order valence-corrected chi connectivity index (χ4v) is 3.01. The molecule has 0 bridgehead atoms. The molecule has 0 spiro atoms. The van der Waals surface area contributed by atoms with E-state index in [0.29, 0.717) is 51.4 Å². The van der Waals surface area contributed by atoms with Crippen molar-refractivity contribution in [1.82, 2.24) is 15.1 Å². The molecule has 23 heavy (non-hydrogen) atoms. The van der Waals surface area contributed by atoms with Crippen molar-refractivity contribution in [2.45, 2.75) is 12.5 Å². The summed E-state index contributed by atoms with van der Waals surface area (Å²) in [5.74, 6) is 0.180. The molecule has 1 unspecified atom stereocenters. The highest BCUT2D eigenvalue weighted by Gasteiger charge is 2.26. The normalized spacial score (nSPS) is 22.0. The molecule has 6 heteroatoms. The fourth-order valence-electron chi connectivity index (χ4n) is 3.01. The molecule has 1 aromatic carbocycles. The molecule has 0 radical (unpaired) electrons. The van der Waals surface area contributed by atoms with Crippen LogP contribution in [0.3, 0.4) is 0 Å². The number of hydrogen-bond donors (Lipinski definition) is 1. The van der Waals surface area contributed by atoms with Crippen molar-refractivity contribution < 1.29 is 14.3 Å². The van der Waals surface area contributed by atoms with E-state index in [1.54, 1.807) is 0 Å². The highest BCUT2D eigenvalue weighted by Crippen LogP contribution is 2.10. The lowest BCUT2D eigenvalue weighted by Crippen LogP contribution is -2.52. The Kier molecular flexibility index (Phi) is 5.25. The van der Waals surface area contributed by atoms with Crippen LogP contribution in [0.15, 0.2) is 30.3 Å². The van der Waals surface area contributed by atoms with Crippen LogP contribution in [0.25, 0.3) is 0 Å². The Morgan fingerprint density at radius 2 is 1.78 bits per heavy atom. The Bertz CT molecular complexity index is 535. The molecule has 2 aliphatic heterocycles. The van der Waals surface area contributed by atoms with Crippen molar-refractivity contribution in [2.75, 3.05) is 45.9 Å². The number of amides is 2. The van der Waals surface area contributed by atoms with Gasteiger partial charge < -0.3 is 19.9 Å². The zero-order valence-electron chi connectivity index (χ0n) is 13.2. The number of benzene rings is 1. The van der Waals surface area contributed by atoms with Crippen LogP contribution in [0.5, 0.6) is 0 Å². The number of piperazine rings is 1. The third-order valence-electron chi connectivity index (χ3n) is 4.36. The van der Waals surface area contributed by atoms with Gasteiger partial charge in [-0.15, -0.1) is 0 Å². The van der Waals surface area contributed by atoms with Gasteiger partial charge >= 0.3 is 0 Å². The molecule has 1 N–H and O–H groups in total. The van der Waals surface area contributed by atoms with E-state index in [4.69, 9.17) is 4.74 Å². The van der Waals surface area contributed by atoms with Crippen molar-refractivity contribution in [1.29, 1.82) is 0 Å². The van der Waals surface area contributed by atoms with Crippen LogP contribution in [0.2, 0.25) is 0 Å². The summed E-state index contributed by atoms with van der Waals surface area (Å²) < 4.78 is 5.38. The van der Waals surface area contributed by atoms with Gasteiger partial charge in [-0.25, -0.2) is 0 Å². The van der Waals surface area contributed by atoms with Crippen LogP contribution >= 0.6 is 0 Å². The van der Waals surface area contributed by atoms with Gasteiger partial charge in [-0.2, -0.15) is 0 Å². The number of ether oxygens (including phenoxy) is 1. The molecule has 0 aromatic heterocycles. The van der Waals surface area contributed by atoms with E-state index in [1.807, 2.05) is 40.1 Å². The number of carbonyl (C=O) groups excluding carboxylic acids is 2. The second-order valence-electron chi connectivity index (χ2n) is 5.97. The maximum atomic E-state index is 12.4. The highest BCUT2D eigenvalue weighted by molar-refractivity contribution is 5.94. The van der Waals surface area contributed by atoms with Gasteiger partial charge in [-0.05, 0) is 12.1 Å². The van der Waals surface area contributed by atoms with Crippen molar-refractivity contribution >= 4 is 11.8 Å². The van der Waals surface area contributed by atoms with E-state index in [2.05, 4.69) is 5.32 Å². The summed E-state index contributed by atoms with van der Waals surface area (Å²) >= 11 is 0. The first-order valence-corrected chi connectivity index (χ1v) is 8.17. The summed E-state index contributed by atoms with van der Waals surface area (Å²) in [5, 5.41) is 3.30. The average molecular weight is 317 g/mol. The molecule has 0 saturated carbocycles. The number of hydrogen-bond acceptors (Lipinski definition) is 4. The van der Waals surface area contributed by atoms with Crippen LogP contribution in [-0.4, -0.2) is 73.6 Å². The van der Waals surface area contributed by atoms with Crippen molar-refractivity contribution in [3.63, 3.8) is 0 Å². The molecular weight excluding hydrogens is 294 g/mol. The van der Waals surface area contributed by atoms with E-state index >= 15 is 0 Å². The molecule has 124 valence electrons. The molecule has 0 aliphatic carbocycles. The second kappa shape index (κ2) is 7.57. The molecule has 2 amide bonds. The van der Waals surface area contributed by atoms with E-state index in [-0.39, 0.29) is 17.9 Å². The molecule has 2 aliphatic rings. The van der Waals surface area contributed by atoms with E-state index < -0.39 is 0 Å². The fraction of sp³-hybridized carbons (Fsp3) is 0.529. The summed E-state index contributed by atoms with van der Waals surface area (Å²) in [6.45, 7) is 4.50. The largest absolute Gasteiger partial charge is 0.378 e. The van der Waals surface area contributed by atoms with Gasteiger partial charge in [0.25, 0.3) is 5.91 Å². The van der Waals surface area contributed by atoms with Gasteiger partial charge in [0.15, 0.2) is 0 Å². The van der Waals surface area contributed by atoms with Gasteiger partial charge in [0.2, 0.25) is 5.91 Å². The first-order valence-electron chi connectivity index (χ1n) is 8.17. The smallest absolute Gasteiger partial charge is 0.253 e. The number of nitrogens with one attached hydrogen (secondary N) is 1. The topological polar surface area (TPSA) is 61.9 Å². The van der Waals surface area contributed by atoms with Crippen LogP contribution < -0.4 is 5.32 Å². The standard InChI is InChI=1S/C17H23N3O3/c21-16(12-15-13-23-11-6-18-15)19-7-9-20(10-8-19)17(22)14-4-2-1-3-5-14/h1-5,15,18H,6-13H2. The number of nitrogens with zero attached hydrogens (tertiary/aromatic N) is 2. The molecule has 2 heterocycles. The van der Waals surface area contributed by atoms with Gasteiger partial charge in [0, 0.05) is 50.7 Å². The highest BCUT2D eigenvalue weighted by atomic mass is 16.5. The Balaban J connectivity index is 1.48. The molecular formula is C17H23N3O3. The zero-order chi connectivity index (χ0) is 16.1. The predicted molar refractivity (Wildman–Crippen MR) is 86.2 cm³/mol. The first kappa shape index (κ1) is 16.0. The van der Waals surface area contributed by atoms with E-state index in [1.165, 1.54) is 0 Å². The quantitative estimate of drug-likeness (QED) is 0.874. The Morgan fingerprint density at radius 3 is 2.43 bits per heavy atom. The summed E-state index contributed by atoms with van der Waals surface area (Å²) in [5.41, 5.74) is 0.704. The maximum absolute atomic E-state index is 12.4. The molecule has 3 rings (SSSR count). The molecule has 2 fully saturated rings. The minimum atomic E-state index is 0.0417. The van der Waals surface area contributed by atoms with Crippen LogP contribution in [0.1, 0.15) is 16.8 Å². The lowest BCUT2D eigenvalue weighted by atomic mass is 10.1. The SMILES string of the molecule is O=C(CC1COCCN1)N1CCN(C(=O)c2ccccc2)CC1. The Hall–Kier alpha value is -1.92. The van der Waals surface area contributed by atoms with Gasteiger partial charge in [0.05, 0.1) is 13.2 Å². The third kappa shape index (κ3) is 4.09. The molecule has 6 nitrogen and oxygen atoms in total. The van der Waals surface area contributed by atoms with Gasteiger partial charge in [0.1, 0.15) is 0 Å². The summed E-state index contributed by atoms with van der Waals surface area (Å²) in [7, 11) is 0. The minimum Gasteiger partial charge on any atom is -0.378 e. The Morgan fingerprint density at radius 1 is 1.09 bits per heavy atom. The van der Waals surface area contributed by atoms with E-state index in [0.717, 1.165) is 6.54 Å². The van der Waals surface area contributed by atoms with E-state index in [9.17, 15) is 9.59 Å². The van der Waals surface area contributed by atoms with Gasteiger partial charge in [-0.3, -0.25) is 9.59 Å². The summed E-state index contributed by atoms with van der Waals surface area (Å²) in [6, 6.07) is 9.40. The molecule has 2 saturated heterocycles. The summed E-state index contributed by atoms with van der Waals surface area (Å²) in [6.07, 6.45) is 0.465. The van der Waals surface area contributed by atoms with Gasteiger partial charge in [-0.1, -0.05) is 18.2 Å². The van der Waals surface area contributed by atoms with Crippen LogP contribution in [0, 0.1) is 0 Å². The lowest BCUT2D eigenvalue weighted by molar-refractivity contribution is -0.133. The molecule has 1 atom stereocenters. The summed E-state index contributed by atoms with van der Waals surface area (Å²) in [4.78, 5) is 28.4. The number of morpholine rings is 1. The molecule has 1 aromatic rings. The van der Waals surface area contributed by atoms with Crippen molar-refractivity contribution in [2.24, 2.45) is 0 Å². The minimum absolute atomic E-state index is 0.0417. The zero-order valence-corrected chi connectivity index (χ0v) is 13.2.